The number of morpholine rings is 1. The zero-order valence-electron chi connectivity index (χ0n) is 19.8. The zero-order valence-corrected chi connectivity index (χ0v) is 19.8. The van der Waals surface area contributed by atoms with E-state index in [1.807, 2.05) is 16.7 Å². The third-order valence-corrected chi connectivity index (χ3v) is 6.74. The number of aromatic nitrogens is 3. The molecular formula is C25H30FN7O. The maximum atomic E-state index is 13.9. The van der Waals surface area contributed by atoms with Crippen molar-refractivity contribution in [1.29, 1.82) is 0 Å². The van der Waals surface area contributed by atoms with Crippen molar-refractivity contribution >= 4 is 22.7 Å². The summed E-state index contributed by atoms with van der Waals surface area (Å²) in [6.07, 6.45) is 1.78. The Labute approximate surface area is 198 Å². The minimum Gasteiger partial charge on any atom is -0.379 e. The molecule has 0 bridgehead atoms. The summed E-state index contributed by atoms with van der Waals surface area (Å²) < 4.78 is 21.4. The molecule has 1 fully saturated rings. The van der Waals surface area contributed by atoms with Gasteiger partial charge >= 0.3 is 0 Å². The van der Waals surface area contributed by atoms with E-state index < -0.39 is 5.54 Å². The molecule has 4 heterocycles. The molecule has 0 aliphatic carbocycles. The smallest absolute Gasteiger partial charge is 0.202 e. The van der Waals surface area contributed by atoms with Crippen LogP contribution in [-0.4, -0.2) is 51.8 Å². The lowest BCUT2D eigenvalue weighted by Crippen LogP contribution is -2.52. The Balaban J connectivity index is 1.64. The Bertz CT molecular complexity index is 1240. The van der Waals surface area contributed by atoms with Crippen LogP contribution in [0.2, 0.25) is 0 Å². The molecule has 1 saturated heterocycles. The Hall–Kier alpha value is -3.17. The first kappa shape index (κ1) is 22.6. The van der Waals surface area contributed by atoms with Gasteiger partial charge in [-0.3, -0.25) is 9.47 Å². The van der Waals surface area contributed by atoms with Gasteiger partial charge in [0, 0.05) is 31.2 Å². The number of ether oxygens (including phenoxy) is 1. The van der Waals surface area contributed by atoms with Crippen LogP contribution in [0.15, 0.2) is 52.8 Å². The van der Waals surface area contributed by atoms with Gasteiger partial charge in [-0.15, -0.1) is 0 Å². The van der Waals surface area contributed by atoms with E-state index in [-0.39, 0.29) is 11.9 Å². The SMILES string of the molecule is CC(C)Cn1c(N)nc2ccc(C3=CN=NC3(c3ccc(F)cc3)C(C)N3CCOCC3)nc21. The number of imidazole rings is 1. The number of azo groups is 1. The number of halogens is 1. The van der Waals surface area contributed by atoms with Crippen molar-refractivity contribution in [1.82, 2.24) is 19.4 Å². The Morgan fingerprint density at radius 1 is 1.06 bits per heavy atom. The zero-order chi connectivity index (χ0) is 23.9. The van der Waals surface area contributed by atoms with E-state index >= 15 is 0 Å². The number of hydrogen-bond acceptors (Lipinski definition) is 7. The average Bonchev–Trinajstić information content (AvgIpc) is 3.41. The first-order chi connectivity index (χ1) is 16.4. The minimum atomic E-state index is -0.833. The maximum absolute atomic E-state index is 13.9. The summed E-state index contributed by atoms with van der Waals surface area (Å²) in [5.74, 6) is 0.557. The maximum Gasteiger partial charge on any atom is 0.202 e. The van der Waals surface area contributed by atoms with Crippen LogP contribution in [0.4, 0.5) is 10.3 Å². The summed E-state index contributed by atoms with van der Waals surface area (Å²) in [5.41, 5.74) is 9.37. The number of hydrogen-bond donors (Lipinski definition) is 1. The molecule has 0 saturated carbocycles. The Morgan fingerprint density at radius 3 is 2.50 bits per heavy atom. The summed E-state index contributed by atoms with van der Waals surface area (Å²) >= 11 is 0. The summed E-state index contributed by atoms with van der Waals surface area (Å²) in [6, 6.07) is 10.4. The predicted molar refractivity (Wildman–Crippen MR) is 130 cm³/mol. The van der Waals surface area contributed by atoms with E-state index in [2.05, 4.69) is 35.8 Å². The van der Waals surface area contributed by atoms with Crippen LogP contribution >= 0.6 is 0 Å². The molecule has 0 spiro atoms. The van der Waals surface area contributed by atoms with Gasteiger partial charge in [0.15, 0.2) is 11.2 Å². The number of nitrogens with zero attached hydrogens (tertiary/aromatic N) is 6. The third-order valence-electron chi connectivity index (χ3n) is 6.74. The second kappa shape index (κ2) is 8.88. The fourth-order valence-electron chi connectivity index (χ4n) is 5.00. The number of benzene rings is 1. The number of nitrogen functional groups attached to an aromatic ring is 1. The fourth-order valence-corrected chi connectivity index (χ4v) is 5.00. The molecule has 5 rings (SSSR count). The highest BCUT2D eigenvalue weighted by molar-refractivity contribution is 5.81. The van der Waals surface area contributed by atoms with Gasteiger partial charge in [-0.05, 0) is 42.7 Å². The van der Waals surface area contributed by atoms with Gasteiger partial charge in [0.05, 0.1) is 25.1 Å². The molecule has 34 heavy (non-hydrogen) atoms. The Morgan fingerprint density at radius 2 is 1.79 bits per heavy atom. The third kappa shape index (κ3) is 3.78. The molecule has 2 aliphatic heterocycles. The van der Waals surface area contributed by atoms with Crippen molar-refractivity contribution in [3.63, 3.8) is 0 Å². The molecule has 8 nitrogen and oxygen atoms in total. The highest BCUT2D eigenvalue weighted by Crippen LogP contribution is 2.47. The highest BCUT2D eigenvalue weighted by Gasteiger charge is 2.48. The largest absolute Gasteiger partial charge is 0.379 e. The van der Waals surface area contributed by atoms with Crippen LogP contribution in [0.5, 0.6) is 0 Å². The van der Waals surface area contributed by atoms with Crippen molar-refractivity contribution in [2.45, 2.75) is 38.9 Å². The topological polar surface area (TPSA) is 93.9 Å². The summed E-state index contributed by atoms with van der Waals surface area (Å²) in [6.45, 7) is 10.0. The van der Waals surface area contributed by atoms with Crippen molar-refractivity contribution in [3.05, 3.63) is 59.7 Å². The Kier molecular flexibility index (Phi) is 5.91. The predicted octanol–water partition coefficient (Wildman–Crippen LogP) is 4.23. The molecule has 2 unspecified atom stereocenters. The summed E-state index contributed by atoms with van der Waals surface area (Å²) in [4.78, 5) is 11.9. The number of pyridine rings is 1. The van der Waals surface area contributed by atoms with E-state index in [9.17, 15) is 4.39 Å². The first-order valence-electron chi connectivity index (χ1n) is 11.7. The molecule has 3 aromatic rings. The van der Waals surface area contributed by atoms with Gasteiger partial charge in [-0.2, -0.15) is 10.2 Å². The van der Waals surface area contributed by atoms with Gasteiger partial charge in [0.2, 0.25) is 5.95 Å². The van der Waals surface area contributed by atoms with Crippen LogP contribution in [-0.2, 0) is 16.8 Å². The van der Waals surface area contributed by atoms with Crippen molar-refractivity contribution in [3.8, 4) is 0 Å². The van der Waals surface area contributed by atoms with Crippen LogP contribution in [0.3, 0.4) is 0 Å². The van der Waals surface area contributed by atoms with Crippen LogP contribution < -0.4 is 5.73 Å². The molecule has 2 aromatic heterocycles. The molecule has 2 aliphatic rings. The van der Waals surface area contributed by atoms with Crippen LogP contribution in [0.25, 0.3) is 16.7 Å². The van der Waals surface area contributed by atoms with Crippen LogP contribution in [0, 0.1) is 11.7 Å². The molecule has 178 valence electrons. The van der Waals surface area contributed by atoms with Gasteiger partial charge in [0.1, 0.15) is 11.3 Å². The highest BCUT2D eigenvalue weighted by atomic mass is 19.1. The summed E-state index contributed by atoms with van der Waals surface area (Å²) in [7, 11) is 0. The van der Waals surface area contributed by atoms with E-state index in [0.29, 0.717) is 25.1 Å². The van der Waals surface area contributed by atoms with Crippen LogP contribution in [0.1, 0.15) is 32.0 Å². The second-order valence-electron chi connectivity index (χ2n) is 9.37. The van der Waals surface area contributed by atoms with E-state index in [4.69, 9.17) is 20.6 Å². The fraction of sp³-hybridized carbons (Fsp3) is 0.440. The number of fused-ring (bicyclic) bond motifs is 1. The number of anilines is 1. The molecular weight excluding hydrogens is 433 g/mol. The second-order valence-corrected chi connectivity index (χ2v) is 9.37. The average molecular weight is 464 g/mol. The van der Waals surface area contributed by atoms with Gasteiger partial charge in [0.25, 0.3) is 0 Å². The lowest BCUT2D eigenvalue weighted by molar-refractivity contribution is 0.00851. The lowest BCUT2D eigenvalue weighted by atomic mass is 9.76. The summed E-state index contributed by atoms with van der Waals surface area (Å²) in [5, 5.41) is 9.19. The molecule has 0 amide bonds. The first-order valence-corrected chi connectivity index (χ1v) is 11.7. The van der Waals surface area contributed by atoms with Gasteiger partial charge < -0.3 is 10.5 Å². The monoisotopic (exact) mass is 463 g/mol. The number of rotatable bonds is 6. The normalized spacial score (nSPS) is 22.0. The van der Waals surface area contributed by atoms with Crippen molar-refractivity contribution < 1.29 is 9.13 Å². The molecule has 2 N–H and O–H groups in total. The van der Waals surface area contributed by atoms with E-state index in [1.165, 1.54) is 12.1 Å². The molecule has 0 radical (unpaired) electrons. The van der Waals surface area contributed by atoms with Gasteiger partial charge in [-0.25, -0.2) is 14.4 Å². The number of nitrogens with two attached hydrogens (primary N) is 1. The van der Waals surface area contributed by atoms with E-state index in [1.54, 1.807) is 18.3 Å². The molecule has 9 heteroatoms. The standard InChI is InChI=1S/C25H30FN7O/c1-16(2)15-33-23-22(30-24(33)27)9-8-21(29-23)20-14-28-31-25(20,18-4-6-19(26)7-5-18)17(3)32-10-12-34-13-11-32/h4-9,14,16-17H,10-13,15H2,1-3H3,(H2,27,30). The molecule has 1 aromatic carbocycles. The quantitative estimate of drug-likeness (QED) is 0.590. The minimum absolute atomic E-state index is 0.0532. The van der Waals surface area contributed by atoms with Crippen molar-refractivity contribution in [2.24, 2.45) is 16.1 Å². The van der Waals surface area contributed by atoms with Crippen molar-refractivity contribution in [2.75, 3.05) is 32.0 Å². The van der Waals surface area contributed by atoms with E-state index in [0.717, 1.165) is 47.6 Å². The van der Waals surface area contributed by atoms with Gasteiger partial charge in [-0.1, -0.05) is 26.0 Å². The molecule has 2 atom stereocenters. The lowest BCUT2D eigenvalue weighted by Gasteiger charge is -2.42.